The Balaban J connectivity index is 2.21. The largest absolute Gasteiger partial charge is 0.297 e. The van der Waals surface area contributed by atoms with Gasteiger partial charge in [-0.15, -0.1) is 0 Å². The zero-order chi connectivity index (χ0) is 19.4. The molecule has 0 aromatic heterocycles. The second-order valence-corrected chi connectivity index (χ2v) is 9.81. The molecule has 6 nitrogen and oxygen atoms in total. The SMILES string of the molecule is CC(C)[C@@H](COS(=O)(=O)c1ccccc1)N(C)S(=O)(=O)c1ccccc1. The third kappa shape index (κ3) is 4.70. The molecule has 1 atom stereocenters. The minimum atomic E-state index is -3.95. The molecule has 0 aliphatic carbocycles. The van der Waals surface area contributed by atoms with Crippen LogP contribution in [0.4, 0.5) is 0 Å². The Bertz CT molecular complexity index is 911. The van der Waals surface area contributed by atoms with Gasteiger partial charge in [-0.2, -0.15) is 12.7 Å². The molecular weight excluding hydrogens is 374 g/mol. The van der Waals surface area contributed by atoms with Gasteiger partial charge in [-0.25, -0.2) is 8.42 Å². The van der Waals surface area contributed by atoms with Gasteiger partial charge in [-0.1, -0.05) is 50.2 Å². The molecular formula is C18H23NO5S2. The fourth-order valence-electron chi connectivity index (χ4n) is 2.47. The second kappa shape index (κ2) is 8.30. The van der Waals surface area contributed by atoms with Crippen molar-refractivity contribution in [3.63, 3.8) is 0 Å². The lowest BCUT2D eigenvalue weighted by atomic mass is 10.1. The van der Waals surface area contributed by atoms with Crippen LogP contribution in [0.5, 0.6) is 0 Å². The maximum Gasteiger partial charge on any atom is 0.297 e. The maximum absolute atomic E-state index is 12.8. The van der Waals surface area contributed by atoms with E-state index in [1.54, 1.807) is 36.4 Å². The highest BCUT2D eigenvalue weighted by Gasteiger charge is 2.31. The summed E-state index contributed by atoms with van der Waals surface area (Å²) in [6, 6.07) is 15.2. The van der Waals surface area contributed by atoms with Crippen LogP contribution in [-0.2, 0) is 24.3 Å². The number of hydrogen-bond acceptors (Lipinski definition) is 5. The fourth-order valence-corrected chi connectivity index (χ4v) is 4.91. The van der Waals surface area contributed by atoms with Crippen molar-refractivity contribution >= 4 is 20.1 Å². The number of likely N-dealkylation sites (N-methyl/N-ethyl adjacent to an activating group) is 1. The molecule has 0 bridgehead atoms. The summed E-state index contributed by atoms with van der Waals surface area (Å²) >= 11 is 0. The lowest BCUT2D eigenvalue weighted by Crippen LogP contribution is -2.43. The maximum atomic E-state index is 12.8. The van der Waals surface area contributed by atoms with Crippen LogP contribution >= 0.6 is 0 Å². The molecule has 0 fully saturated rings. The topological polar surface area (TPSA) is 80.8 Å². The Hall–Kier alpha value is -1.74. The highest BCUT2D eigenvalue weighted by molar-refractivity contribution is 7.89. The first kappa shape index (κ1) is 20.6. The molecule has 0 saturated carbocycles. The van der Waals surface area contributed by atoms with Crippen LogP contribution in [-0.4, -0.2) is 40.8 Å². The van der Waals surface area contributed by atoms with E-state index in [1.165, 1.54) is 35.6 Å². The van der Waals surface area contributed by atoms with Gasteiger partial charge in [0.05, 0.1) is 22.4 Å². The van der Waals surface area contributed by atoms with Gasteiger partial charge in [0.2, 0.25) is 10.0 Å². The van der Waals surface area contributed by atoms with Gasteiger partial charge < -0.3 is 0 Å². The molecule has 0 unspecified atom stereocenters. The smallest absolute Gasteiger partial charge is 0.265 e. The van der Waals surface area contributed by atoms with Gasteiger partial charge >= 0.3 is 0 Å². The zero-order valence-electron chi connectivity index (χ0n) is 14.9. The summed E-state index contributed by atoms with van der Waals surface area (Å²) in [7, 11) is -6.28. The van der Waals surface area contributed by atoms with Crippen molar-refractivity contribution in [3.05, 3.63) is 60.7 Å². The molecule has 0 aliphatic rings. The van der Waals surface area contributed by atoms with Crippen LogP contribution in [0.15, 0.2) is 70.5 Å². The van der Waals surface area contributed by atoms with E-state index in [0.717, 1.165) is 0 Å². The lowest BCUT2D eigenvalue weighted by Gasteiger charge is -2.30. The third-order valence-electron chi connectivity index (χ3n) is 4.08. The summed E-state index contributed by atoms with van der Waals surface area (Å²) in [6.45, 7) is 3.37. The monoisotopic (exact) mass is 397 g/mol. The average Bonchev–Trinajstić information content (AvgIpc) is 2.62. The van der Waals surface area contributed by atoms with E-state index >= 15 is 0 Å². The average molecular weight is 398 g/mol. The van der Waals surface area contributed by atoms with E-state index in [1.807, 2.05) is 13.8 Å². The molecule has 0 radical (unpaired) electrons. The van der Waals surface area contributed by atoms with E-state index in [4.69, 9.17) is 4.18 Å². The van der Waals surface area contributed by atoms with E-state index in [-0.39, 0.29) is 22.3 Å². The molecule has 0 saturated heterocycles. The number of nitrogens with zero attached hydrogens (tertiary/aromatic N) is 1. The van der Waals surface area contributed by atoms with Crippen molar-refractivity contribution in [2.45, 2.75) is 29.7 Å². The Labute approximate surface area is 155 Å². The van der Waals surface area contributed by atoms with Crippen LogP contribution in [0.2, 0.25) is 0 Å². The summed E-state index contributed by atoms with van der Waals surface area (Å²) in [4.78, 5) is 0.190. The van der Waals surface area contributed by atoms with Gasteiger partial charge in [0.15, 0.2) is 0 Å². The summed E-state index contributed by atoms with van der Waals surface area (Å²) in [5.74, 6) is -0.149. The number of rotatable bonds is 8. The molecule has 0 spiro atoms. The molecule has 0 heterocycles. The molecule has 8 heteroatoms. The van der Waals surface area contributed by atoms with E-state index in [9.17, 15) is 16.8 Å². The van der Waals surface area contributed by atoms with Crippen LogP contribution in [0, 0.1) is 5.92 Å². The first-order valence-corrected chi connectivity index (χ1v) is 11.0. The standard InChI is InChI=1S/C18H23NO5S2/c1-15(2)18(14-24-26(22,23)17-12-8-5-9-13-17)19(3)25(20,21)16-10-6-4-7-11-16/h4-13,15,18H,14H2,1-3H3/t18-/m1/s1. The minimum absolute atomic E-state index is 0.0380. The molecule has 2 aromatic carbocycles. The summed E-state index contributed by atoms with van der Waals surface area (Å²) in [5.41, 5.74) is 0. The van der Waals surface area contributed by atoms with Crippen LogP contribution < -0.4 is 0 Å². The number of hydrogen-bond donors (Lipinski definition) is 0. The molecule has 0 amide bonds. The van der Waals surface area contributed by atoms with E-state index in [0.29, 0.717) is 0 Å². The molecule has 26 heavy (non-hydrogen) atoms. The molecule has 2 aromatic rings. The van der Waals surface area contributed by atoms with Crippen LogP contribution in [0.1, 0.15) is 13.8 Å². The number of sulfonamides is 1. The predicted molar refractivity (Wildman–Crippen MR) is 99.6 cm³/mol. The van der Waals surface area contributed by atoms with Crippen LogP contribution in [0.25, 0.3) is 0 Å². The first-order chi connectivity index (χ1) is 12.2. The predicted octanol–water partition coefficient (Wildman–Crippen LogP) is 2.74. The highest BCUT2D eigenvalue weighted by atomic mass is 32.2. The summed E-state index contributed by atoms with van der Waals surface area (Å²) in [6.07, 6.45) is 0. The minimum Gasteiger partial charge on any atom is -0.265 e. The highest BCUT2D eigenvalue weighted by Crippen LogP contribution is 2.22. The molecule has 0 N–H and O–H groups in total. The zero-order valence-corrected chi connectivity index (χ0v) is 16.6. The van der Waals surface area contributed by atoms with Gasteiger partial charge in [-0.05, 0) is 30.2 Å². The van der Waals surface area contributed by atoms with E-state index < -0.39 is 26.2 Å². The first-order valence-electron chi connectivity index (χ1n) is 8.14. The van der Waals surface area contributed by atoms with Crippen molar-refractivity contribution in [2.24, 2.45) is 5.92 Å². The lowest BCUT2D eigenvalue weighted by molar-refractivity contribution is 0.187. The fraction of sp³-hybridized carbons (Fsp3) is 0.333. The quantitative estimate of drug-likeness (QED) is 0.640. The molecule has 2 rings (SSSR count). The summed E-state index contributed by atoms with van der Waals surface area (Å²) in [5, 5.41) is 0. The third-order valence-corrected chi connectivity index (χ3v) is 7.28. The Kier molecular flexibility index (Phi) is 6.57. The van der Waals surface area contributed by atoms with Crippen molar-refractivity contribution in [1.82, 2.24) is 4.31 Å². The Morgan fingerprint density at radius 1 is 0.846 bits per heavy atom. The Morgan fingerprint density at radius 2 is 1.31 bits per heavy atom. The van der Waals surface area contributed by atoms with Crippen molar-refractivity contribution in [1.29, 1.82) is 0 Å². The van der Waals surface area contributed by atoms with Crippen molar-refractivity contribution in [3.8, 4) is 0 Å². The Morgan fingerprint density at radius 3 is 1.77 bits per heavy atom. The van der Waals surface area contributed by atoms with Crippen molar-refractivity contribution in [2.75, 3.05) is 13.7 Å². The molecule has 142 valence electrons. The van der Waals surface area contributed by atoms with Gasteiger partial charge in [0.1, 0.15) is 0 Å². The second-order valence-electron chi connectivity index (χ2n) is 6.20. The normalized spacial score (nSPS) is 13.9. The van der Waals surface area contributed by atoms with Crippen LogP contribution in [0.3, 0.4) is 0 Å². The van der Waals surface area contributed by atoms with E-state index in [2.05, 4.69) is 0 Å². The van der Waals surface area contributed by atoms with Gasteiger partial charge in [-0.3, -0.25) is 4.18 Å². The van der Waals surface area contributed by atoms with Gasteiger partial charge in [0, 0.05) is 7.05 Å². The van der Waals surface area contributed by atoms with Gasteiger partial charge in [0.25, 0.3) is 10.1 Å². The number of benzene rings is 2. The van der Waals surface area contributed by atoms with Crippen molar-refractivity contribution < 1.29 is 21.0 Å². The molecule has 0 aliphatic heterocycles. The summed E-state index contributed by atoms with van der Waals surface area (Å²) < 4.78 is 56.5.